The Morgan fingerprint density at radius 1 is 1.00 bits per heavy atom. The van der Waals surface area contributed by atoms with Gasteiger partial charge in [-0.3, -0.25) is 4.79 Å². The third-order valence-corrected chi connectivity index (χ3v) is 3.09. The van der Waals surface area contributed by atoms with Crippen LogP contribution in [-0.2, 0) is 14.3 Å². The molecule has 2 rings (SSSR count). The monoisotopic (exact) mass is 339 g/mol. The van der Waals surface area contributed by atoms with Gasteiger partial charge in [0.15, 0.2) is 0 Å². The maximum Gasteiger partial charge on any atom is 0.394 e. The van der Waals surface area contributed by atoms with Gasteiger partial charge >= 0.3 is 17.8 Å². The van der Waals surface area contributed by atoms with E-state index in [0.29, 0.717) is 16.8 Å². The lowest BCUT2D eigenvalue weighted by atomic mass is 10.1. The van der Waals surface area contributed by atoms with Gasteiger partial charge in [-0.2, -0.15) is 0 Å². The molecule has 0 bridgehead atoms. The molecule has 0 saturated heterocycles. The van der Waals surface area contributed by atoms with Crippen molar-refractivity contribution in [3.05, 3.63) is 59.2 Å². The Morgan fingerprint density at radius 3 is 2.16 bits per heavy atom. The topological polar surface area (TPSA) is 113 Å². The number of nitrogens with one attached hydrogen (secondary N) is 1. The molecule has 2 aromatic rings. The minimum Gasteiger partial charge on any atom is -0.507 e. The van der Waals surface area contributed by atoms with Gasteiger partial charge in [0.2, 0.25) is 0 Å². The van der Waals surface area contributed by atoms with Gasteiger partial charge in [0.25, 0.3) is 0 Å². The molecule has 126 valence electrons. The van der Waals surface area contributed by atoms with Crippen LogP contribution in [0.4, 0.5) is 5.69 Å². The fourth-order valence-corrected chi connectivity index (χ4v) is 1.86. The summed E-state index contributed by atoms with van der Waals surface area (Å²) in [4.78, 5) is 32.9. The number of carboxylic acids is 1. The molecule has 0 aliphatic carbocycles. The van der Waals surface area contributed by atoms with Crippen LogP contribution in [0.3, 0.4) is 0 Å². The van der Waals surface area contributed by atoms with Crippen molar-refractivity contribution in [1.82, 2.24) is 0 Å². The predicted octanol–water partition coefficient (Wildman–Crippen LogP) is 1.60. The van der Waals surface area contributed by atoms with E-state index in [1.165, 1.54) is 31.4 Å². The van der Waals surface area contributed by atoms with Crippen LogP contribution in [-0.4, -0.2) is 35.2 Å². The van der Waals surface area contributed by atoms with Crippen LogP contribution in [0.5, 0.6) is 5.75 Å². The number of benzene rings is 2. The number of anilines is 1. The fourth-order valence-electron chi connectivity index (χ4n) is 1.86. The summed E-state index contributed by atoms with van der Waals surface area (Å²) in [6.45, 7) is 0. The van der Waals surface area contributed by atoms with Crippen LogP contribution in [0.1, 0.15) is 21.5 Å². The number of rotatable bonds is 2. The molecule has 7 heteroatoms. The highest BCUT2D eigenvalue weighted by atomic mass is 16.5. The Labute approximate surface area is 142 Å². The van der Waals surface area contributed by atoms with E-state index in [0.717, 1.165) is 0 Å². The zero-order valence-electron chi connectivity index (χ0n) is 13.1. The number of aliphatic carboxylic acids is 1. The van der Waals surface area contributed by atoms with Gasteiger partial charge in [-0.15, -0.1) is 0 Å². The summed E-state index contributed by atoms with van der Waals surface area (Å²) in [7, 11) is 1.22. The number of esters is 1. The quantitative estimate of drug-likeness (QED) is 0.435. The van der Waals surface area contributed by atoms with E-state index in [1.54, 1.807) is 18.2 Å². The van der Waals surface area contributed by atoms with Gasteiger partial charge in [-0.1, -0.05) is 11.8 Å². The molecule has 0 radical (unpaired) electrons. The molecule has 1 amide bonds. The van der Waals surface area contributed by atoms with Crippen molar-refractivity contribution in [3.63, 3.8) is 0 Å². The van der Waals surface area contributed by atoms with Crippen molar-refractivity contribution in [2.45, 2.75) is 0 Å². The average molecular weight is 339 g/mol. The lowest BCUT2D eigenvalue weighted by Crippen LogP contribution is -2.21. The number of methoxy groups -OCH3 is 1. The predicted molar refractivity (Wildman–Crippen MR) is 88.1 cm³/mol. The number of carboxylic acid groups (broad SMARTS) is 1. The highest BCUT2D eigenvalue weighted by Crippen LogP contribution is 2.19. The van der Waals surface area contributed by atoms with Crippen LogP contribution in [0.25, 0.3) is 0 Å². The maximum atomic E-state index is 11.4. The SMILES string of the molecule is COC(=O)c1ccc(C#Cc2ccc(NC(=O)C(=O)O)cc2)cc1O. The van der Waals surface area contributed by atoms with E-state index >= 15 is 0 Å². The van der Waals surface area contributed by atoms with E-state index in [2.05, 4.69) is 21.9 Å². The molecular weight excluding hydrogens is 326 g/mol. The van der Waals surface area contributed by atoms with Gasteiger partial charge < -0.3 is 20.3 Å². The third-order valence-electron chi connectivity index (χ3n) is 3.09. The number of aromatic hydroxyl groups is 1. The number of carbonyl (C=O) groups is 3. The Kier molecular flexibility index (Phi) is 5.38. The van der Waals surface area contributed by atoms with E-state index in [1.807, 2.05) is 0 Å². The lowest BCUT2D eigenvalue weighted by Gasteiger charge is -2.02. The van der Waals surface area contributed by atoms with E-state index in [4.69, 9.17) is 5.11 Å². The summed E-state index contributed by atoms with van der Waals surface area (Å²) in [5.74, 6) is 2.10. The minimum atomic E-state index is -1.57. The van der Waals surface area contributed by atoms with Crippen molar-refractivity contribution in [2.24, 2.45) is 0 Å². The Morgan fingerprint density at radius 2 is 1.60 bits per heavy atom. The number of carbonyl (C=O) groups excluding carboxylic acids is 2. The number of phenolic OH excluding ortho intramolecular Hbond substituents is 1. The molecule has 0 atom stereocenters. The van der Waals surface area contributed by atoms with Crippen LogP contribution >= 0.6 is 0 Å². The highest BCUT2D eigenvalue weighted by molar-refractivity contribution is 6.36. The molecule has 0 aliphatic rings. The Bertz CT molecular complexity index is 890. The molecule has 0 heterocycles. The first-order valence-electron chi connectivity index (χ1n) is 6.98. The largest absolute Gasteiger partial charge is 0.507 e. The number of hydrogen-bond donors (Lipinski definition) is 3. The number of phenols is 1. The van der Waals surface area contributed by atoms with Crippen molar-refractivity contribution in [3.8, 4) is 17.6 Å². The van der Waals surface area contributed by atoms with Crippen molar-refractivity contribution in [1.29, 1.82) is 0 Å². The number of amides is 1. The molecular formula is C18H13NO6. The summed E-state index contributed by atoms with van der Waals surface area (Å²) in [6.07, 6.45) is 0. The summed E-state index contributed by atoms with van der Waals surface area (Å²) in [5, 5.41) is 20.5. The zero-order chi connectivity index (χ0) is 18.4. The van der Waals surface area contributed by atoms with Gasteiger partial charge in [0.1, 0.15) is 11.3 Å². The van der Waals surface area contributed by atoms with Crippen LogP contribution < -0.4 is 5.32 Å². The fraction of sp³-hybridized carbons (Fsp3) is 0.0556. The molecule has 7 nitrogen and oxygen atoms in total. The second-order valence-electron chi connectivity index (χ2n) is 4.81. The average Bonchev–Trinajstić information content (AvgIpc) is 2.60. The summed E-state index contributed by atoms with van der Waals surface area (Å²) in [5.41, 5.74) is 1.49. The van der Waals surface area contributed by atoms with Crippen LogP contribution in [0.15, 0.2) is 42.5 Å². The molecule has 0 saturated carbocycles. The van der Waals surface area contributed by atoms with Crippen LogP contribution in [0, 0.1) is 11.8 Å². The molecule has 2 aromatic carbocycles. The van der Waals surface area contributed by atoms with Crippen molar-refractivity contribution < 1.29 is 29.3 Å². The Hall–Kier alpha value is -3.79. The third kappa shape index (κ3) is 4.59. The van der Waals surface area contributed by atoms with Gasteiger partial charge in [0.05, 0.1) is 7.11 Å². The minimum absolute atomic E-state index is 0.0478. The molecule has 0 unspecified atom stereocenters. The molecule has 0 fully saturated rings. The smallest absolute Gasteiger partial charge is 0.394 e. The first-order valence-corrected chi connectivity index (χ1v) is 6.98. The Balaban J connectivity index is 2.13. The van der Waals surface area contributed by atoms with E-state index in [9.17, 15) is 19.5 Å². The zero-order valence-corrected chi connectivity index (χ0v) is 13.1. The molecule has 25 heavy (non-hydrogen) atoms. The summed E-state index contributed by atoms with van der Waals surface area (Å²) in [6, 6.07) is 10.6. The van der Waals surface area contributed by atoms with Crippen LogP contribution in [0.2, 0.25) is 0 Å². The molecule has 0 aromatic heterocycles. The molecule has 0 spiro atoms. The van der Waals surface area contributed by atoms with Gasteiger partial charge in [0, 0.05) is 16.8 Å². The highest BCUT2D eigenvalue weighted by Gasteiger charge is 2.11. The lowest BCUT2D eigenvalue weighted by molar-refractivity contribution is -0.147. The van der Waals surface area contributed by atoms with E-state index in [-0.39, 0.29) is 11.3 Å². The normalized spacial score (nSPS) is 9.48. The van der Waals surface area contributed by atoms with Crippen molar-refractivity contribution >= 4 is 23.5 Å². The maximum absolute atomic E-state index is 11.4. The first-order chi connectivity index (χ1) is 11.9. The van der Waals surface area contributed by atoms with E-state index < -0.39 is 17.8 Å². The second kappa shape index (κ2) is 7.66. The first kappa shape index (κ1) is 17.6. The van der Waals surface area contributed by atoms with Gasteiger partial charge in [-0.25, -0.2) is 9.59 Å². The number of ether oxygens (including phenoxy) is 1. The standard InChI is InChI=1S/C18H13NO6/c1-25-18(24)14-9-6-12(10-15(14)20)3-2-11-4-7-13(8-5-11)19-16(21)17(22)23/h4-10,20H,1H3,(H,19,21)(H,22,23). The second-order valence-corrected chi connectivity index (χ2v) is 4.81. The molecule has 3 N–H and O–H groups in total. The summed E-state index contributed by atoms with van der Waals surface area (Å²) >= 11 is 0. The summed E-state index contributed by atoms with van der Waals surface area (Å²) < 4.78 is 4.54. The number of hydrogen-bond acceptors (Lipinski definition) is 5. The van der Waals surface area contributed by atoms with Gasteiger partial charge in [-0.05, 0) is 42.5 Å². The molecule has 0 aliphatic heterocycles. The van der Waals surface area contributed by atoms with Crippen molar-refractivity contribution in [2.75, 3.05) is 12.4 Å².